The first-order valence-electron chi connectivity index (χ1n) is 7.45. The largest absolute Gasteiger partial charge is 0.489 e. The van der Waals surface area contributed by atoms with Crippen molar-refractivity contribution in [1.82, 2.24) is 10.6 Å². The van der Waals surface area contributed by atoms with Gasteiger partial charge in [0.1, 0.15) is 11.9 Å². The summed E-state index contributed by atoms with van der Waals surface area (Å²) < 4.78 is 5.66. The van der Waals surface area contributed by atoms with Crippen molar-refractivity contribution >= 4 is 6.03 Å². The summed E-state index contributed by atoms with van der Waals surface area (Å²) in [6.45, 7) is 6.34. The molecule has 0 spiro atoms. The Morgan fingerprint density at radius 3 is 2.43 bits per heavy atom. The molecule has 5 nitrogen and oxygen atoms in total. The Hall–Kier alpha value is -1.75. The van der Waals surface area contributed by atoms with E-state index in [1.165, 1.54) is 0 Å². The van der Waals surface area contributed by atoms with Crippen LogP contribution in [0.15, 0.2) is 30.3 Å². The number of aliphatic hydroxyl groups is 1. The molecule has 0 aliphatic heterocycles. The van der Waals surface area contributed by atoms with Gasteiger partial charge < -0.3 is 20.5 Å². The quantitative estimate of drug-likeness (QED) is 0.689. The molecule has 1 unspecified atom stereocenters. The first-order valence-corrected chi connectivity index (χ1v) is 7.45. The lowest BCUT2D eigenvalue weighted by Crippen LogP contribution is -2.47. The average Bonchev–Trinajstić information content (AvgIpc) is 2.51. The van der Waals surface area contributed by atoms with Crippen molar-refractivity contribution in [1.29, 1.82) is 0 Å². The van der Waals surface area contributed by atoms with Crippen molar-refractivity contribution in [2.75, 3.05) is 13.1 Å². The minimum Gasteiger partial charge on any atom is -0.489 e. The highest BCUT2D eigenvalue weighted by Crippen LogP contribution is 2.12. The molecule has 5 heteroatoms. The first kappa shape index (κ1) is 17.3. The van der Waals surface area contributed by atoms with Crippen LogP contribution in [0, 0.1) is 0 Å². The van der Waals surface area contributed by atoms with Crippen LogP contribution >= 0.6 is 0 Å². The zero-order valence-corrected chi connectivity index (χ0v) is 13.1. The van der Waals surface area contributed by atoms with E-state index in [1.54, 1.807) is 0 Å². The van der Waals surface area contributed by atoms with Crippen LogP contribution in [-0.2, 0) is 0 Å². The number of hydrogen-bond acceptors (Lipinski definition) is 3. The van der Waals surface area contributed by atoms with Gasteiger partial charge >= 0.3 is 6.03 Å². The lowest BCUT2D eigenvalue weighted by Gasteiger charge is -2.25. The van der Waals surface area contributed by atoms with Gasteiger partial charge in [-0.1, -0.05) is 32.0 Å². The van der Waals surface area contributed by atoms with E-state index in [4.69, 9.17) is 4.74 Å². The molecule has 3 N–H and O–H groups in total. The van der Waals surface area contributed by atoms with Crippen molar-refractivity contribution in [3.8, 4) is 5.75 Å². The Kier molecular flexibility index (Phi) is 7.02. The normalized spacial score (nSPS) is 12.6. The van der Waals surface area contributed by atoms with Gasteiger partial charge in [-0.2, -0.15) is 0 Å². The van der Waals surface area contributed by atoms with Gasteiger partial charge in [-0.15, -0.1) is 0 Å². The molecule has 1 atom stereocenters. The highest BCUT2D eigenvalue weighted by Gasteiger charge is 2.22. The molecule has 2 amide bonds. The van der Waals surface area contributed by atoms with Crippen LogP contribution in [0.5, 0.6) is 5.75 Å². The number of rotatable bonds is 8. The Bertz CT molecular complexity index is 419. The Labute approximate surface area is 126 Å². The van der Waals surface area contributed by atoms with E-state index in [1.807, 2.05) is 51.1 Å². The van der Waals surface area contributed by atoms with Crippen molar-refractivity contribution in [3.05, 3.63) is 30.3 Å². The van der Waals surface area contributed by atoms with Gasteiger partial charge in [0, 0.05) is 6.54 Å². The average molecular weight is 294 g/mol. The summed E-state index contributed by atoms with van der Waals surface area (Å²) in [5, 5.41) is 15.5. The van der Waals surface area contributed by atoms with Crippen LogP contribution in [-0.4, -0.2) is 35.9 Å². The first-order chi connectivity index (χ1) is 9.99. The predicted molar refractivity (Wildman–Crippen MR) is 83.5 cm³/mol. The smallest absolute Gasteiger partial charge is 0.315 e. The number of ether oxygens (including phenoxy) is 1. The summed E-state index contributed by atoms with van der Waals surface area (Å²) in [7, 11) is 0. The predicted octanol–water partition coefficient (Wildman–Crippen LogP) is 2.30. The summed E-state index contributed by atoms with van der Waals surface area (Å²) in [5.74, 6) is 0.776. The Morgan fingerprint density at radius 1 is 1.24 bits per heavy atom. The van der Waals surface area contributed by atoms with Crippen molar-refractivity contribution in [2.45, 2.75) is 45.3 Å². The fraction of sp³-hybridized carbons (Fsp3) is 0.562. The van der Waals surface area contributed by atoms with Crippen LogP contribution < -0.4 is 15.4 Å². The molecule has 1 aromatic carbocycles. The van der Waals surface area contributed by atoms with E-state index < -0.39 is 5.60 Å². The molecule has 0 aliphatic carbocycles. The number of hydrogen-bond donors (Lipinski definition) is 3. The van der Waals surface area contributed by atoms with Crippen molar-refractivity contribution in [3.63, 3.8) is 0 Å². The number of para-hydroxylation sites is 1. The third kappa shape index (κ3) is 6.49. The van der Waals surface area contributed by atoms with Gasteiger partial charge in [0.2, 0.25) is 0 Å². The van der Waals surface area contributed by atoms with Crippen LogP contribution in [0.25, 0.3) is 0 Å². The number of amides is 2. The number of benzene rings is 1. The molecule has 0 fully saturated rings. The fourth-order valence-electron chi connectivity index (χ4n) is 1.82. The van der Waals surface area contributed by atoms with Gasteiger partial charge in [0.15, 0.2) is 0 Å². The summed E-state index contributed by atoms with van der Waals surface area (Å²) >= 11 is 0. The van der Waals surface area contributed by atoms with E-state index in [-0.39, 0.29) is 18.7 Å². The van der Waals surface area contributed by atoms with Gasteiger partial charge in [-0.3, -0.25) is 0 Å². The zero-order chi connectivity index (χ0) is 15.7. The maximum atomic E-state index is 11.7. The molecule has 0 bridgehead atoms. The second-order valence-corrected chi connectivity index (χ2v) is 5.24. The molecule has 0 radical (unpaired) electrons. The van der Waals surface area contributed by atoms with E-state index in [0.717, 1.165) is 5.75 Å². The number of nitrogens with one attached hydrogen (secondary N) is 2. The molecular weight excluding hydrogens is 268 g/mol. The summed E-state index contributed by atoms with van der Waals surface area (Å²) in [6.07, 6.45) is 1.09. The van der Waals surface area contributed by atoms with Gasteiger partial charge in [-0.05, 0) is 31.9 Å². The van der Waals surface area contributed by atoms with E-state index in [2.05, 4.69) is 10.6 Å². The summed E-state index contributed by atoms with van der Waals surface area (Å²) in [4.78, 5) is 11.7. The zero-order valence-electron chi connectivity index (χ0n) is 13.1. The van der Waals surface area contributed by atoms with Crippen LogP contribution in [0.3, 0.4) is 0 Å². The molecule has 1 rings (SSSR count). The summed E-state index contributed by atoms with van der Waals surface area (Å²) in [5.41, 5.74) is -0.830. The SMILES string of the molecule is CCC(O)(CC)CNC(=O)NCC(C)Oc1ccccc1. The lowest BCUT2D eigenvalue weighted by molar-refractivity contribution is 0.0349. The van der Waals surface area contributed by atoms with Crippen LogP contribution in [0.4, 0.5) is 4.79 Å². The highest BCUT2D eigenvalue weighted by molar-refractivity contribution is 5.73. The third-order valence-electron chi connectivity index (χ3n) is 3.52. The number of urea groups is 1. The Balaban J connectivity index is 2.26. The highest BCUT2D eigenvalue weighted by atomic mass is 16.5. The number of carbonyl (C=O) groups excluding carboxylic acids is 1. The molecule has 21 heavy (non-hydrogen) atoms. The van der Waals surface area contributed by atoms with E-state index in [9.17, 15) is 9.90 Å². The lowest BCUT2D eigenvalue weighted by atomic mass is 9.98. The second kappa shape index (κ2) is 8.52. The summed E-state index contributed by atoms with van der Waals surface area (Å²) in [6, 6.07) is 9.18. The molecule has 118 valence electrons. The molecular formula is C16H26N2O3. The minimum atomic E-state index is -0.830. The van der Waals surface area contributed by atoms with Crippen molar-refractivity contribution in [2.24, 2.45) is 0 Å². The standard InChI is InChI=1S/C16H26N2O3/c1-4-16(20,5-2)12-18-15(19)17-11-13(3)21-14-9-7-6-8-10-14/h6-10,13,20H,4-5,11-12H2,1-3H3,(H2,17,18,19). The molecule has 0 heterocycles. The van der Waals surface area contributed by atoms with Crippen LogP contribution in [0.2, 0.25) is 0 Å². The van der Waals surface area contributed by atoms with Crippen LogP contribution in [0.1, 0.15) is 33.6 Å². The topological polar surface area (TPSA) is 70.6 Å². The fourth-order valence-corrected chi connectivity index (χ4v) is 1.82. The van der Waals surface area contributed by atoms with E-state index in [0.29, 0.717) is 19.4 Å². The second-order valence-electron chi connectivity index (χ2n) is 5.24. The Morgan fingerprint density at radius 2 is 1.86 bits per heavy atom. The monoisotopic (exact) mass is 294 g/mol. The van der Waals surface area contributed by atoms with Gasteiger partial charge in [-0.25, -0.2) is 4.79 Å². The van der Waals surface area contributed by atoms with Crippen molar-refractivity contribution < 1.29 is 14.6 Å². The molecule has 0 saturated heterocycles. The third-order valence-corrected chi connectivity index (χ3v) is 3.52. The van der Waals surface area contributed by atoms with E-state index >= 15 is 0 Å². The molecule has 0 aromatic heterocycles. The molecule has 0 aliphatic rings. The maximum Gasteiger partial charge on any atom is 0.315 e. The van der Waals surface area contributed by atoms with Gasteiger partial charge in [0.25, 0.3) is 0 Å². The number of carbonyl (C=O) groups is 1. The minimum absolute atomic E-state index is 0.130. The molecule has 0 saturated carbocycles. The molecule has 1 aromatic rings. The van der Waals surface area contributed by atoms with Gasteiger partial charge in [0.05, 0.1) is 12.1 Å². The maximum absolute atomic E-state index is 11.7.